The van der Waals surface area contributed by atoms with Gasteiger partial charge in [-0.2, -0.15) is 0 Å². The molecule has 0 bridgehead atoms. The highest BCUT2D eigenvalue weighted by atomic mass is 35.5. The van der Waals surface area contributed by atoms with E-state index in [9.17, 15) is 4.79 Å². The highest BCUT2D eigenvalue weighted by Crippen LogP contribution is 2.14. The van der Waals surface area contributed by atoms with Gasteiger partial charge in [-0.3, -0.25) is 4.79 Å². The maximum absolute atomic E-state index is 11.6. The van der Waals surface area contributed by atoms with Gasteiger partial charge in [0.05, 0.1) is 5.54 Å². The van der Waals surface area contributed by atoms with Crippen molar-refractivity contribution in [2.75, 3.05) is 6.54 Å². The van der Waals surface area contributed by atoms with Crippen molar-refractivity contribution in [1.82, 2.24) is 5.32 Å². The largest absolute Gasteiger partial charge is 0.354 e. The number of hydrogen-bond acceptors (Lipinski definition) is 2. The summed E-state index contributed by atoms with van der Waals surface area (Å²) < 4.78 is 0. The monoisotopic (exact) mass is 264 g/mol. The second-order valence-electron chi connectivity index (χ2n) is 5.23. The van der Waals surface area contributed by atoms with Crippen molar-refractivity contribution < 1.29 is 4.79 Å². The second-order valence-corrected chi connectivity index (χ2v) is 5.23. The Labute approximate surface area is 112 Å². The van der Waals surface area contributed by atoms with Crippen LogP contribution in [-0.2, 0) is 4.79 Å². The first-order valence-corrected chi connectivity index (χ1v) is 6.49. The summed E-state index contributed by atoms with van der Waals surface area (Å²) in [5, 5.41) is 2.95. The Bertz CT molecular complexity index is 202. The molecule has 0 aliphatic rings. The maximum Gasteiger partial charge on any atom is 0.239 e. The average molecular weight is 265 g/mol. The Morgan fingerprint density at radius 2 is 1.82 bits per heavy atom. The molecular formula is C13H29ClN2O. The first kappa shape index (κ1) is 19.1. The van der Waals surface area contributed by atoms with Gasteiger partial charge < -0.3 is 11.1 Å². The van der Waals surface area contributed by atoms with Gasteiger partial charge >= 0.3 is 0 Å². The molecule has 1 unspecified atom stereocenters. The van der Waals surface area contributed by atoms with Crippen molar-refractivity contribution >= 4 is 18.3 Å². The number of amides is 1. The highest BCUT2D eigenvalue weighted by Gasteiger charge is 2.22. The standard InChI is InChI=1S/C13H28N2O.ClH/c1-5-7-9-11(8-6-2)10-15-12(16)13(3,4)14;/h11H,5-10,14H2,1-4H3,(H,15,16);1H. The molecule has 1 atom stereocenters. The summed E-state index contributed by atoms with van der Waals surface area (Å²) in [5.41, 5.74) is 4.96. The van der Waals surface area contributed by atoms with Crippen molar-refractivity contribution in [2.24, 2.45) is 11.7 Å². The van der Waals surface area contributed by atoms with Gasteiger partial charge in [0, 0.05) is 6.54 Å². The molecule has 0 aromatic rings. The van der Waals surface area contributed by atoms with E-state index in [0.717, 1.165) is 6.54 Å². The second kappa shape index (κ2) is 9.72. The normalized spacial score (nSPS) is 12.8. The third kappa shape index (κ3) is 9.42. The lowest BCUT2D eigenvalue weighted by Gasteiger charge is -2.21. The van der Waals surface area contributed by atoms with Gasteiger partial charge in [-0.05, 0) is 32.6 Å². The topological polar surface area (TPSA) is 55.1 Å². The summed E-state index contributed by atoms with van der Waals surface area (Å²) in [6.45, 7) is 8.64. The van der Waals surface area contributed by atoms with E-state index in [1.54, 1.807) is 13.8 Å². The summed E-state index contributed by atoms with van der Waals surface area (Å²) in [7, 11) is 0. The molecule has 0 fully saturated rings. The predicted octanol–water partition coefficient (Wildman–Crippen LogP) is 2.87. The molecule has 0 aliphatic carbocycles. The maximum atomic E-state index is 11.6. The van der Waals surface area contributed by atoms with E-state index < -0.39 is 5.54 Å². The first-order chi connectivity index (χ1) is 7.41. The number of carbonyl (C=O) groups is 1. The van der Waals surface area contributed by atoms with Crippen LogP contribution in [0.15, 0.2) is 0 Å². The molecule has 0 aliphatic heterocycles. The van der Waals surface area contributed by atoms with Gasteiger partial charge in [-0.1, -0.05) is 33.1 Å². The molecule has 3 nitrogen and oxygen atoms in total. The summed E-state index contributed by atoms with van der Waals surface area (Å²) in [5.74, 6) is 0.557. The van der Waals surface area contributed by atoms with E-state index in [-0.39, 0.29) is 18.3 Å². The van der Waals surface area contributed by atoms with Crippen LogP contribution in [0.25, 0.3) is 0 Å². The molecule has 0 aromatic heterocycles. The van der Waals surface area contributed by atoms with Crippen molar-refractivity contribution in [3.63, 3.8) is 0 Å². The summed E-state index contributed by atoms with van der Waals surface area (Å²) in [6.07, 6.45) is 6.03. The lowest BCUT2D eigenvalue weighted by Crippen LogP contribution is -2.50. The van der Waals surface area contributed by atoms with Crippen LogP contribution < -0.4 is 11.1 Å². The average Bonchev–Trinajstić information content (AvgIpc) is 2.20. The van der Waals surface area contributed by atoms with Crippen LogP contribution in [-0.4, -0.2) is 18.0 Å². The third-order valence-electron chi connectivity index (χ3n) is 2.80. The van der Waals surface area contributed by atoms with Crippen LogP contribution in [0.1, 0.15) is 59.8 Å². The summed E-state index contributed by atoms with van der Waals surface area (Å²) >= 11 is 0. The minimum atomic E-state index is -0.762. The number of halogens is 1. The smallest absolute Gasteiger partial charge is 0.239 e. The molecule has 1 amide bonds. The minimum absolute atomic E-state index is 0. The van der Waals surface area contributed by atoms with Crippen molar-refractivity contribution in [3.05, 3.63) is 0 Å². The van der Waals surface area contributed by atoms with Crippen molar-refractivity contribution in [1.29, 1.82) is 0 Å². The Morgan fingerprint density at radius 3 is 2.24 bits per heavy atom. The molecular weight excluding hydrogens is 236 g/mol. The zero-order valence-electron chi connectivity index (χ0n) is 11.7. The van der Waals surface area contributed by atoms with Crippen LogP contribution in [0.4, 0.5) is 0 Å². The predicted molar refractivity (Wildman–Crippen MR) is 76.4 cm³/mol. The Balaban J connectivity index is 0. The number of nitrogens with one attached hydrogen (secondary N) is 1. The fourth-order valence-electron chi connectivity index (χ4n) is 1.71. The lowest BCUT2D eigenvalue weighted by molar-refractivity contribution is -0.125. The highest BCUT2D eigenvalue weighted by molar-refractivity contribution is 5.85. The summed E-state index contributed by atoms with van der Waals surface area (Å²) in [6, 6.07) is 0. The van der Waals surface area contributed by atoms with Gasteiger partial charge in [0.25, 0.3) is 0 Å². The fourth-order valence-corrected chi connectivity index (χ4v) is 1.71. The fraction of sp³-hybridized carbons (Fsp3) is 0.923. The van der Waals surface area contributed by atoms with Crippen LogP contribution in [0, 0.1) is 5.92 Å². The van der Waals surface area contributed by atoms with E-state index >= 15 is 0 Å². The van der Waals surface area contributed by atoms with Gasteiger partial charge in [0.2, 0.25) is 5.91 Å². The van der Waals surface area contributed by atoms with Crippen LogP contribution in [0.5, 0.6) is 0 Å². The van der Waals surface area contributed by atoms with Crippen LogP contribution >= 0.6 is 12.4 Å². The van der Waals surface area contributed by atoms with Crippen molar-refractivity contribution in [2.45, 2.75) is 65.3 Å². The Hall–Kier alpha value is -0.280. The quantitative estimate of drug-likeness (QED) is 0.708. The van der Waals surface area contributed by atoms with Gasteiger partial charge in [-0.25, -0.2) is 0 Å². The van der Waals surface area contributed by atoms with E-state index in [1.165, 1.54) is 32.1 Å². The molecule has 0 rings (SSSR count). The molecule has 0 radical (unpaired) electrons. The first-order valence-electron chi connectivity index (χ1n) is 6.49. The van der Waals surface area contributed by atoms with E-state index in [1.807, 2.05) is 0 Å². The van der Waals surface area contributed by atoms with E-state index in [4.69, 9.17) is 5.73 Å². The van der Waals surface area contributed by atoms with E-state index in [0.29, 0.717) is 5.92 Å². The molecule has 0 saturated heterocycles. The molecule has 0 saturated carbocycles. The number of rotatable bonds is 8. The zero-order chi connectivity index (χ0) is 12.6. The van der Waals surface area contributed by atoms with Crippen molar-refractivity contribution in [3.8, 4) is 0 Å². The number of nitrogens with two attached hydrogens (primary N) is 1. The number of hydrogen-bond donors (Lipinski definition) is 2. The molecule has 0 aromatic carbocycles. The van der Waals surface area contributed by atoms with Crippen LogP contribution in [0.2, 0.25) is 0 Å². The Morgan fingerprint density at radius 1 is 1.24 bits per heavy atom. The zero-order valence-corrected chi connectivity index (χ0v) is 12.5. The van der Waals surface area contributed by atoms with Gasteiger partial charge in [0.15, 0.2) is 0 Å². The molecule has 17 heavy (non-hydrogen) atoms. The molecule has 0 spiro atoms. The Kier molecular flexibility index (Phi) is 10.9. The SMILES string of the molecule is CCCCC(CCC)CNC(=O)C(C)(C)N.Cl. The van der Waals surface area contributed by atoms with Gasteiger partial charge in [-0.15, -0.1) is 12.4 Å². The molecule has 0 heterocycles. The number of carbonyl (C=O) groups excluding carboxylic acids is 1. The molecule has 3 N–H and O–H groups in total. The summed E-state index contributed by atoms with van der Waals surface area (Å²) in [4.78, 5) is 11.6. The van der Waals surface area contributed by atoms with Crippen LogP contribution in [0.3, 0.4) is 0 Å². The van der Waals surface area contributed by atoms with E-state index in [2.05, 4.69) is 19.2 Å². The minimum Gasteiger partial charge on any atom is -0.354 e. The van der Waals surface area contributed by atoms with Gasteiger partial charge in [0.1, 0.15) is 0 Å². The molecule has 4 heteroatoms. The third-order valence-corrected chi connectivity index (χ3v) is 2.80. The molecule has 104 valence electrons. The number of unbranched alkanes of at least 4 members (excludes halogenated alkanes) is 1. The lowest BCUT2D eigenvalue weighted by atomic mass is 9.96.